The van der Waals surface area contributed by atoms with Crippen molar-refractivity contribution in [1.29, 1.82) is 0 Å². The number of para-hydroxylation sites is 1. The summed E-state index contributed by atoms with van der Waals surface area (Å²) < 4.78 is 5.35. The van der Waals surface area contributed by atoms with Crippen molar-refractivity contribution in [3.05, 3.63) is 65.2 Å². The lowest BCUT2D eigenvalue weighted by Crippen LogP contribution is -2.48. The van der Waals surface area contributed by atoms with Crippen LogP contribution in [0.1, 0.15) is 34.3 Å². The van der Waals surface area contributed by atoms with Crippen LogP contribution in [0.15, 0.2) is 48.5 Å². The molecule has 0 aromatic heterocycles. The maximum Gasteiger partial charge on any atom is 0.257 e. The molecule has 0 N–H and O–H groups in total. The van der Waals surface area contributed by atoms with Crippen LogP contribution < -0.4 is 4.74 Å². The Morgan fingerprint density at radius 2 is 1.65 bits per heavy atom. The number of carbonyl (C=O) groups is 1. The molecular weight excluding hydrogens is 324 g/mol. The molecule has 0 atom stereocenters. The van der Waals surface area contributed by atoms with Gasteiger partial charge in [-0.1, -0.05) is 36.4 Å². The number of rotatable bonds is 3. The van der Waals surface area contributed by atoms with E-state index in [-0.39, 0.29) is 5.91 Å². The molecule has 2 aliphatic rings. The van der Waals surface area contributed by atoms with Crippen LogP contribution in [-0.4, -0.2) is 48.5 Å². The second-order valence-electron chi connectivity index (χ2n) is 7.21. The van der Waals surface area contributed by atoms with Gasteiger partial charge < -0.3 is 9.64 Å². The van der Waals surface area contributed by atoms with Gasteiger partial charge in [-0.3, -0.25) is 9.69 Å². The maximum absolute atomic E-state index is 12.9. The highest BCUT2D eigenvalue weighted by Gasteiger charge is 2.29. The molecule has 1 amide bonds. The summed E-state index contributed by atoms with van der Waals surface area (Å²) in [7, 11) is 1.62. The number of likely N-dealkylation sites (tertiary alicyclic amines) is 1. The molecule has 0 spiro atoms. The zero-order valence-electron chi connectivity index (χ0n) is 15.4. The van der Waals surface area contributed by atoms with Crippen molar-refractivity contribution in [3.8, 4) is 5.75 Å². The van der Waals surface area contributed by atoms with E-state index in [0.29, 0.717) is 17.4 Å². The summed E-state index contributed by atoms with van der Waals surface area (Å²) in [5.41, 5.74) is 3.62. The standard InChI is InChI=1S/C22H26N2O2/c1-26-21-9-5-4-8-20(21)22(25)23-14-11-19(12-15-23)24-13-10-17-6-2-3-7-18(17)16-24/h2-9,19H,10-16H2,1H3. The molecule has 26 heavy (non-hydrogen) atoms. The van der Waals surface area contributed by atoms with Crippen LogP contribution in [0.25, 0.3) is 0 Å². The number of benzene rings is 2. The van der Waals surface area contributed by atoms with Gasteiger partial charge in [0, 0.05) is 32.2 Å². The Labute approximate surface area is 155 Å². The van der Waals surface area contributed by atoms with Crippen molar-refractivity contribution < 1.29 is 9.53 Å². The summed E-state index contributed by atoms with van der Waals surface area (Å²) >= 11 is 0. The van der Waals surface area contributed by atoms with Crippen molar-refractivity contribution in [3.63, 3.8) is 0 Å². The fourth-order valence-electron chi connectivity index (χ4n) is 4.25. The Kier molecular flexibility index (Phi) is 4.93. The van der Waals surface area contributed by atoms with E-state index in [9.17, 15) is 4.79 Å². The van der Waals surface area contributed by atoms with Gasteiger partial charge in [-0.25, -0.2) is 0 Å². The minimum Gasteiger partial charge on any atom is -0.496 e. The Hall–Kier alpha value is -2.33. The first-order chi connectivity index (χ1) is 12.8. The van der Waals surface area contributed by atoms with Gasteiger partial charge in [0.15, 0.2) is 0 Å². The van der Waals surface area contributed by atoms with E-state index >= 15 is 0 Å². The average Bonchev–Trinajstić information content (AvgIpc) is 2.73. The zero-order chi connectivity index (χ0) is 17.9. The summed E-state index contributed by atoms with van der Waals surface area (Å²) in [5, 5.41) is 0. The van der Waals surface area contributed by atoms with Crippen LogP contribution >= 0.6 is 0 Å². The first kappa shape index (κ1) is 17.1. The number of ether oxygens (including phenoxy) is 1. The molecule has 4 nitrogen and oxygen atoms in total. The van der Waals surface area contributed by atoms with Gasteiger partial charge in [0.1, 0.15) is 5.75 Å². The number of hydrogen-bond donors (Lipinski definition) is 0. The van der Waals surface area contributed by atoms with Gasteiger partial charge in [0.2, 0.25) is 0 Å². The van der Waals surface area contributed by atoms with Gasteiger partial charge in [0.05, 0.1) is 12.7 Å². The number of methoxy groups -OCH3 is 1. The predicted molar refractivity (Wildman–Crippen MR) is 102 cm³/mol. The van der Waals surface area contributed by atoms with Crippen molar-refractivity contribution >= 4 is 5.91 Å². The van der Waals surface area contributed by atoms with E-state index < -0.39 is 0 Å². The Morgan fingerprint density at radius 3 is 2.42 bits per heavy atom. The van der Waals surface area contributed by atoms with E-state index in [2.05, 4.69) is 29.2 Å². The molecule has 0 bridgehead atoms. The fourth-order valence-corrected chi connectivity index (χ4v) is 4.25. The lowest BCUT2D eigenvalue weighted by atomic mass is 9.95. The number of fused-ring (bicyclic) bond motifs is 1. The van der Waals surface area contributed by atoms with Crippen LogP contribution in [0.5, 0.6) is 5.75 Å². The van der Waals surface area contributed by atoms with Crippen LogP contribution in [-0.2, 0) is 13.0 Å². The molecule has 2 heterocycles. The summed E-state index contributed by atoms with van der Waals surface area (Å²) in [6, 6.07) is 16.9. The molecule has 0 radical (unpaired) electrons. The lowest BCUT2D eigenvalue weighted by molar-refractivity contribution is 0.0596. The lowest BCUT2D eigenvalue weighted by Gasteiger charge is -2.40. The van der Waals surface area contributed by atoms with E-state index in [1.54, 1.807) is 7.11 Å². The van der Waals surface area contributed by atoms with Crippen molar-refractivity contribution in [2.75, 3.05) is 26.7 Å². The van der Waals surface area contributed by atoms with E-state index in [0.717, 1.165) is 45.4 Å². The van der Waals surface area contributed by atoms with Crippen molar-refractivity contribution in [1.82, 2.24) is 9.80 Å². The van der Waals surface area contributed by atoms with Gasteiger partial charge in [-0.15, -0.1) is 0 Å². The minimum atomic E-state index is 0.0879. The molecule has 1 saturated heterocycles. The summed E-state index contributed by atoms with van der Waals surface area (Å²) in [5.74, 6) is 0.747. The average molecular weight is 350 g/mol. The molecule has 0 saturated carbocycles. The second kappa shape index (κ2) is 7.50. The molecule has 0 aliphatic carbocycles. The Bertz CT molecular complexity index is 781. The van der Waals surface area contributed by atoms with Gasteiger partial charge >= 0.3 is 0 Å². The van der Waals surface area contributed by atoms with Crippen LogP contribution in [0.4, 0.5) is 0 Å². The first-order valence-electron chi connectivity index (χ1n) is 9.49. The minimum absolute atomic E-state index is 0.0879. The molecule has 4 heteroatoms. The largest absolute Gasteiger partial charge is 0.496 e. The number of amides is 1. The monoisotopic (exact) mass is 350 g/mol. The first-order valence-corrected chi connectivity index (χ1v) is 9.49. The predicted octanol–water partition coefficient (Wildman–Crippen LogP) is 3.36. The molecule has 2 aromatic carbocycles. The highest BCUT2D eigenvalue weighted by Crippen LogP contribution is 2.26. The molecule has 2 aliphatic heterocycles. The third-order valence-corrected chi connectivity index (χ3v) is 5.77. The Morgan fingerprint density at radius 1 is 0.962 bits per heavy atom. The van der Waals surface area contributed by atoms with E-state index in [4.69, 9.17) is 4.74 Å². The second-order valence-corrected chi connectivity index (χ2v) is 7.21. The molecule has 0 unspecified atom stereocenters. The van der Waals surface area contributed by atoms with E-state index in [1.165, 1.54) is 11.1 Å². The van der Waals surface area contributed by atoms with Crippen molar-refractivity contribution in [2.45, 2.75) is 31.8 Å². The smallest absolute Gasteiger partial charge is 0.257 e. The fraction of sp³-hybridized carbons (Fsp3) is 0.409. The van der Waals surface area contributed by atoms with Gasteiger partial charge in [-0.05, 0) is 42.5 Å². The molecule has 136 valence electrons. The van der Waals surface area contributed by atoms with Crippen molar-refractivity contribution in [2.24, 2.45) is 0 Å². The zero-order valence-corrected chi connectivity index (χ0v) is 15.4. The molecular formula is C22H26N2O2. The number of nitrogens with zero attached hydrogens (tertiary/aromatic N) is 2. The maximum atomic E-state index is 12.9. The highest BCUT2D eigenvalue weighted by molar-refractivity contribution is 5.97. The topological polar surface area (TPSA) is 32.8 Å². The number of hydrogen-bond acceptors (Lipinski definition) is 3. The van der Waals surface area contributed by atoms with Gasteiger partial charge in [-0.2, -0.15) is 0 Å². The SMILES string of the molecule is COc1ccccc1C(=O)N1CCC(N2CCc3ccccc3C2)CC1. The molecule has 2 aromatic rings. The quantitative estimate of drug-likeness (QED) is 0.851. The third kappa shape index (κ3) is 3.34. The normalized spacial score (nSPS) is 18.4. The van der Waals surface area contributed by atoms with Crippen LogP contribution in [0, 0.1) is 0 Å². The summed E-state index contributed by atoms with van der Waals surface area (Å²) in [6.45, 7) is 3.81. The molecule has 1 fully saturated rings. The van der Waals surface area contributed by atoms with E-state index in [1.807, 2.05) is 29.2 Å². The summed E-state index contributed by atoms with van der Waals surface area (Å²) in [6.07, 6.45) is 3.22. The van der Waals surface area contributed by atoms with Gasteiger partial charge in [0.25, 0.3) is 5.91 Å². The number of carbonyl (C=O) groups excluding carboxylic acids is 1. The number of piperidine rings is 1. The summed E-state index contributed by atoms with van der Waals surface area (Å²) in [4.78, 5) is 17.4. The molecule has 4 rings (SSSR count). The highest BCUT2D eigenvalue weighted by atomic mass is 16.5. The Balaban J connectivity index is 1.38. The van der Waals surface area contributed by atoms with Crippen LogP contribution in [0.3, 0.4) is 0 Å². The third-order valence-electron chi connectivity index (χ3n) is 5.77. The van der Waals surface area contributed by atoms with Crippen LogP contribution in [0.2, 0.25) is 0 Å².